The summed E-state index contributed by atoms with van der Waals surface area (Å²) in [6, 6.07) is 1.51. The fourth-order valence-electron chi connectivity index (χ4n) is 2.72. The van der Waals surface area contributed by atoms with Crippen LogP contribution in [0.15, 0.2) is 18.5 Å². The Morgan fingerprint density at radius 3 is 2.46 bits per heavy atom. The first kappa shape index (κ1) is 18.0. The molecular formula is C17H26N4O3. The molecule has 0 unspecified atom stereocenters. The van der Waals surface area contributed by atoms with Crippen LogP contribution in [0.3, 0.4) is 0 Å². The molecule has 1 aliphatic carbocycles. The zero-order valence-electron chi connectivity index (χ0n) is 14.7. The molecule has 1 aromatic rings. The molecule has 0 saturated heterocycles. The number of nitrogens with one attached hydrogen (secondary N) is 3. The number of pyridine rings is 1. The van der Waals surface area contributed by atoms with Gasteiger partial charge in [-0.25, -0.2) is 4.79 Å². The van der Waals surface area contributed by atoms with Gasteiger partial charge >= 0.3 is 6.09 Å². The Morgan fingerprint density at radius 1 is 1.17 bits per heavy atom. The Balaban J connectivity index is 1.95. The van der Waals surface area contributed by atoms with Crippen molar-refractivity contribution in [2.45, 2.75) is 57.7 Å². The minimum atomic E-state index is -0.541. The quantitative estimate of drug-likeness (QED) is 0.786. The van der Waals surface area contributed by atoms with Crippen LogP contribution < -0.4 is 16.0 Å². The van der Waals surface area contributed by atoms with Crippen LogP contribution in [0.1, 0.15) is 50.4 Å². The van der Waals surface area contributed by atoms with Crippen molar-refractivity contribution < 1.29 is 14.3 Å². The maximum atomic E-state index is 12.4. The lowest BCUT2D eigenvalue weighted by Gasteiger charge is -2.25. The van der Waals surface area contributed by atoms with Crippen LogP contribution >= 0.6 is 0 Å². The van der Waals surface area contributed by atoms with E-state index < -0.39 is 11.7 Å². The predicted molar refractivity (Wildman–Crippen MR) is 92.0 cm³/mol. The lowest BCUT2D eigenvalue weighted by Crippen LogP contribution is -2.49. The summed E-state index contributed by atoms with van der Waals surface area (Å²) in [4.78, 5) is 28.4. The van der Waals surface area contributed by atoms with E-state index in [0.29, 0.717) is 5.56 Å². The normalized spacial score (nSPS) is 20.3. The molecule has 7 nitrogen and oxygen atoms in total. The maximum Gasteiger partial charge on any atom is 0.407 e. The molecule has 2 atom stereocenters. The van der Waals surface area contributed by atoms with Crippen molar-refractivity contribution in [1.29, 1.82) is 0 Å². The molecule has 0 aliphatic heterocycles. The Labute approximate surface area is 142 Å². The molecule has 2 amide bonds. The van der Waals surface area contributed by atoms with Crippen LogP contribution in [-0.2, 0) is 4.74 Å². The lowest BCUT2D eigenvalue weighted by molar-refractivity contribution is 0.0495. The Kier molecular flexibility index (Phi) is 5.64. The number of carbonyl (C=O) groups is 2. The summed E-state index contributed by atoms with van der Waals surface area (Å²) in [5, 5.41) is 8.81. The van der Waals surface area contributed by atoms with Crippen LogP contribution in [0, 0.1) is 0 Å². The highest BCUT2D eigenvalue weighted by Gasteiger charge is 2.31. The molecule has 1 aromatic heterocycles. The van der Waals surface area contributed by atoms with Crippen LogP contribution in [0.5, 0.6) is 0 Å². The van der Waals surface area contributed by atoms with Gasteiger partial charge in [-0.2, -0.15) is 0 Å². The molecule has 132 valence electrons. The van der Waals surface area contributed by atoms with Crippen molar-refractivity contribution in [2.24, 2.45) is 0 Å². The van der Waals surface area contributed by atoms with Crippen molar-refractivity contribution in [3.05, 3.63) is 24.0 Å². The van der Waals surface area contributed by atoms with Crippen molar-refractivity contribution in [3.63, 3.8) is 0 Å². The smallest absolute Gasteiger partial charge is 0.407 e. The fraction of sp³-hybridized carbons (Fsp3) is 0.588. The first-order valence-electron chi connectivity index (χ1n) is 8.21. The van der Waals surface area contributed by atoms with Crippen molar-refractivity contribution in [3.8, 4) is 0 Å². The van der Waals surface area contributed by atoms with E-state index in [2.05, 4.69) is 20.9 Å². The third-order valence-corrected chi connectivity index (χ3v) is 3.82. The van der Waals surface area contributed by atoms with Gasteiger partial charge < -0.3 is 20.7 Å². The second kappa shape index (κ2) is 7.51. The van der Waals surface area contributed by atoms with Gasteiger partial charge in [-0.05, 0) is 46.1 Å². The highest BCUT2D eigenvalue weighted by molar-refractivity contribution is 5.95. The number of carbonyl (C=O) groups excluding carboxylic acids is 2. The minimum Gasteiger partial charge on any atom is -0.444 e. The summed E-state index contributed by atoms with van der Waals surface area (Å²) in [5.74, 6) is -0.192. The number of rotatable bonds is 4. The highest BCUT2D eigenvalue weighted by atomic mass is 16.6. The topological polar surface area (TPSA) is 92.4 Å². The van der Waals surface area contributed by atoms with Crippen molar-refractivity contribution in [1.82, 2.24) is 15.6 Å². The second-order valence-corrected chi connectivity index (χ2v) is 6.98. The fourth-order valence-corrected chi connectivity index (χ4v) is 2.72. The van der Waals surface area contributed by atoms with E-state index in [9.17, 15) is 9.59 Å². The van der Waals surface area contributed by atoms with E-state index in [1.807, 2.05) is 20.8 Å². The summed E-state index contributed by atoms with van der Waals surface area (Å²) < 4.78 is 5.29. The van der Waals surface area contributed by atoms with Gasteiger partial charge in [0, 0.05) is 25.5 Å². The monoisotopic (exact) mass is 334 g/mol. The van der Waals surface area contributed by atoms with Gasteiger partial charge in [-0.3, -0.25) is 9.78 Å². The molecule has 1 fully saturated rings. The standard InChI is InChI=1S/C17H26N4O3/c1-17(2,3)24-16(23)21-14-7-5-6-13(14)20-15(22)11-8-12(18-4)10-19-9-11/h8-10,13-14,18H,5-7H2,1-4H3,(H,20,22)(H,21,23)/t13-,14+/m0/s1. The number of nitrogens with zero attached hydrogens (tertiary/aromatic N) is 1. The van der Waals surface area contributed by atoms with E-state index in [1.54, 1.807) is 19.3 Å². The molecule has 0 radical (unpaired) electrons. The van der Waals surface area contributed by atoms with Crippen LogP contribution in [0.4, 0.5) is 10.5 Å². The Hall–Kier alpha value is -2.31. The molecule has 2 rings (SSSR count). The number of aromatic nitrogens is 1. The average molecular weight is 334 g/mol. The van der Waals surface area contributed by atoms with Gasteiger partial charge in [0.2, 0.25) is 0 Å². The number of amides is 2. The molecule has 0 bridgehead atoms. The molecule has 1 aliphatic rings. The van der Waals surface area contributed by atoms with Gasteiger partial charge in [0.25, 0.3) is 5.91 Å². The summed E-state index contributed by atoms with van der Waals surface area (Å²) >= 11 is 0. The first-order valence-corrected chi connectivity index (χ1v) is 8.21. The second-order valence-electron chi connectivity index (χ2n) is 6.98. The molecule has 0 spiro atoms. The van der Waals surface area contributed by atoms with Gasteiger partial charge in [0.15, 0.2) is 0 Å². The molecule has 3 N–H and O–H groups in total. The molecular weight excluding hydrogens is 308 g/mol. The zero-order chi connectivity index (χ0) is 17.7. The number of hydrogen-bond donors (Lipinski definition) is 3. The average Bonchev–Trinajstić information content (AvgIpc) is 2.92. The minimum absolute atomic E-state index is 0.108. The van der Waals surface area contributed by atoms with Gasteiger partial charge in [0.05, 0.1) is 17.3 Å². The molecule has 1 saturated carbocycles. The molecule has 24 heavy (non-hydrogen) atoms. The van der Waals surface area contributed by atoms with E-state index >= 15 is 0 Å². The maximum absolute atomic E-state index is 12.4. The SMILES string of the molecule is CNc1cncc(C(=O)N[C@H]2CCC[C@H]2NC(=O)OC(C)(C)C)c1. The predicted octanol–water partition coefficient (Wildman–Crippen LogP) is 2.30. The van der Waals surface area contributed by atoms with E-state index in [1.165, 1.54) is 6.20 Å². The summed E-state index contributed by atoms with van der Waals surface area (Å²) in [7, 11) is 1.77. The summed E-state index contributed by atoms with van der Waals surface area (Å²) in [6.45, 7) is 5.47. The third-order valence-electron chi connectivity index (χ3n) is 3.82. The van der Waals surface area contributed by atoms with E-state index in [-0.39, 0.29) is 18.0 Å². The van der Waals surface area contributed by atoms with Gasteiger partial charge in [-0.1, -0.05) is 0 Å². The lowest BCUT2D eigenvalue weighted by atomic mass is 10.1. The Bertz CT molecular complexity index is 598. The third kappa shape index (κ3) is 5.11. The Morgan fingerprint density at radius 2 is 1.83 bits per heavy atom. The number of anilines is 1. The van der Waals surface area contributed by atoms with Gasteiger partial charge in [0.1, 0.15) is 5.60 Å². The largest absolute Gasteiger partial charge is 0.444 e. The summed E-state index contributed by atoms with van der Waals surface area (Å²) in [5.41, 5.74) is 0.725. The zero-order valence-corrected chi connectivity index (χ0v) is 14.7. The van der Waals surface area contributed by atoms with E-state index in [0.717, 1.165) is 24.9 Å². The van der Waals surface area contributed by atoms with Crippen molar-refractivity contribution >= 4 is 17.7 Å². The first-order chi connectivity index (χ1) is 11.3. The molecule has 1 heterocycles. The van der Waals surface area contributed by atoms with Crippen LogP contribution in [0.25, 0.3) is 0 Å². The highest BCUT2D eigenvalue weighted by Crippen LogP contribution is 2.20. The number of alkyl carbamates (subject to hydrolysis) is 1. The number of ether oxygens (including phenoxy) is 1. The molecule has 7 heteroatoms. The molecule has 0 aromatic carbocycles. The summed E-state index contributed by atoms with van der Waals surface area (Å²) in [6.07, 6.45) is 5.32. The van der Waals surface area contributed by atoms with Crippen molar-refractivity contribution in [2.75, 3.05) is 12.4 Å². The van der Waals surface area contributed by atoms with Crippen LogP contribution in [-0.4, -0.2) is 41.7 Å². The van der Waals surface area contributed by atoms with E-state index in [4.69, 9.17) is 4.74 Å². The van der Waals surface area contributed by atoms with Crippen LogP contribution in [0.2, 0.25) is 0 Å². The number of hydrogen-bond acceptors (Lipinski definition) is 5. The van der Waals surface area contributed by atoms with Gasteiger partial charge in [-0.15, -0.1) is 0 Å².